The number of aryl methyl sites for hydroxylation is 2. The first-order valence-electron chi connectivity index (χ1n) is 19.2. The van der Waals surface area contributed by atoms with E-state index in [4.69, 9.17) is 19.9 Å². The van der Waals surface area contributed by atoms with E-state index >= 15 is 0 Å². The van der Waals surface area contributed by atoms with Crippen LogP contribution < -0.4 is 0 Å². The lowest BCUT2D eigenvalue weighted by Crippen LogP contribution is -2.03. The molecule has 0 N–H and O–H groups in total. The lowest BCUT2D eigenvalue weighted by Gasteiger charge is -2.17. The average Bonchev–Trinajstić information content (AvgIpc) is 3.59. The van der Waals surface area contributed by atoms with Crippen molar-refractivity contribution in [3.8, 4) is 73.5 Å². The van der Waals surface area contributed by atoms with Gasteiger partial charge in [-0.3, -0.25) is 0 Å². The van der Waals surface area contributed by atoms with Crippen LogP contribution in [-0.4, -0.2) is 24.5 Å². The van der Waals surface area contributed by atoms with E-state index in [9.17, 15) is 0 Å². The molecule has 0 amide bonds. The van der Waals surface area contributed by atoms with Gasteiger partial charge < -0.3 is 4.57 Å². The van der Waals surface area contributed by atoms with E-state index in [1.165, 1.54) is 21.9 Å². The molecule has 10 aromatic rings. The van der Waals surface area contributed by atoms with E-state index in [1.807, 2.05) is 48.5 Å². The molecule has 0 fully saturated rings. The van der Waals surface area contributed by atoms with Crippen molar-refractivity contribution in [3.05, 3.63) is 199 Å². The van der Waals surface area contributed by atoms with Gasteiger partial charge in [0.2, 0.25) is 0 Å². The second-order valence-electron chi connectivity index (χ2n) is 14.5. The number of hydrogen-bond donors (Lipinski definition) is 0. The molecule has 57 heavy (non-hydrogen) atoms. The van der Waals surface area contributed by atoms with E-state index in [2.05, 4.69) is 158 Å². The predicted molar refractivity (Wildman–Crippen MR) is 234 cm³/mol. The van der Waals surface area contributed by atoms with Crippen LogP contribution in [-0.2, 0) is 0 Å². The third-order valence-corrected chi connectivity index (χ3v) is 10.5. The minimum absolute atomic E-state index is 0.628. The topological polar surface area (TPSA) is 56.5 Å². The fraction of sp³-hybridized carbons (Fsp3) is 0.0385. The van der Waals surface area contributed by atoms with Crippen molar-refractivity contribution in [3.63, 3.8) is 0 Å². The Hall–Kier alpha value is -7.50. The van der Waals surface area contributed by atoms with Crippen LogP contribution >= 0.6 is 0 Å². The van der Waals surface area contributed by atoms with Crippen LogP contribution in [0.15, 0.2) is 188 Å². The van der Waals surface area contributed by atoms with Gasteiger partial charge in [0.25, 0.3) is 0 Å². The summed E-state index contributed by atoms with van der Waals surface area (Å²) in [6.07, 6.45) is 0. The molecule has 0 aliphatic rings. The first kappa shape index (κ1) is 34.0. The quantitative estimate of drug-likeness (QED) is 0.164. The molecule has 0 saturated heterocycles. The predicted octanol–water partition coefficient (Wildman–Crippen LogP) is 13.0. The summed E-state index contributed by atoms with van der Waals surface area (Å²) in [7, 11) is 0. The number of benzene rings is 7. The summed E-state index contributed by atoms with van der Waals surface area (Å²) in [5.41, 5.74) is 14.9. The summed E-state index contributed by atoms with van der Waals surface area (Å²) < 4.78 is 2.38. The summed E-state index contributed by atoms with van der Waals surface area (Å²) in [6, 6.07) is 65.4. The normalized spacial score (nSPS) is 11.3. The van der Waals surface area contributed by atoms with Crippen LogP contribution in [0.4, 0.5) is 0 Å². The Kier molecular flexibility index (Phi) is 8.53. The van der Waals surface area contributed by atoms with Crippen molar-refractivity contribution in [2.45, 2.75) is 13.8 Å². The van der Waals surface area contributed by atoms with Crippen LogP contribution in [0.1, 0.15) is 11.1 Å². The Morgan fingerprint density at radius 1 is 0.333 bits per heavy atom. The minimum atomic E-state index is 0.628. The molecule has 0 radical (unpaired) electrons. The third kappa shape index (κ3) is 6.45. The van der Waals surface area contributed by atoms with Gasteiger partial charge in [0.05, 0.1) is 39.5 Å². The molecule has 5 nitrogen and oxygen atoms in total. The molecule has 0 aliphatic carbocycles. The Bertz CT molecular complexity index is 2890. The van der Waals surface area contributed by atoms with Crippen molar-refractivity contribution in [1.82, 2.24) is 24.5 Å². The van der Waals surface area contributed by atoms with Gasteiger partial charge in [0, 0.05) is 44.2 Å². The third-order valence-electron chi connectivity index (χ3n) is 10.5. The molecule has 0 spiro atoms. The maximum absolute atomic E-state index is 5.37. The summed E-state index contributed by atoms with van der Waals surface area (Å²) in [6.45, 7) is 4.30. The number of nitrogens with zero attached hydrogens (tertiary/aromatic N) is 5. The van der Waals surface area contributed by atoms with Crippen LogP contribution in [0.2, 0.25) is 0 Å². The first-order chi connectivity index (χ1) is 28.1. The summed E-state index contributed by atoms with van der Waals surface area (Å²) in [4.78, 5) is 21.0. The monoisotopic (exact) mass is 731 g/mol. The second-order valence-corrected chi connectivity index (χ2v) is 14.5. The second kappa shape index (κ2) is 14.3. The highest BCUT2D eigenvalue weighted by Gasteiger charge is 2.21. The molecule has 3 aromatic heterocycles. The molecular formula is C52H37N5. The van der Waals surface area contributed by atoms with Gasteiger partial charge in [-0.25, -0.2) is 19.9 Å². The SMILES string of the molecule is Cc1ccc2c3ccc(C)cc3n(-c3ccc(-c4cc(-c5ccccc5)nc(-c5ccccc5)n4)cc3-c3nc(-c4ccccc4)cc(-c4ccccc4)n3)c2c1. The molecule has 0 unspecified atom stereocenters. The molecule has 0 saturated carbocycles. The van der Waals surface area contributed by atoms with Gasteiger partial charge in [0.1, 0.15) is 0 Å². The summed E-state index contributed by atoms with van der Waals surface area (Å²) >= 11 is 0. The molecular weight excluding hydrogens is 695 g/mol. The number of fused-ring (bicyclic) bond motifs is 3. The summed E-state index contributed by atoms with van der Waals surface area (Å²) in [5, 5.41) is 2.40. The highest BCUT2D eigenvalue weighted by atomic mass is 15.0. The largest absolute Gasteiger partial charge is 0.308 e. The average molecular weight is 732 g/mol. The maximum Gasteiger partial charge on any atom is 0.162 e. The molecule has 0 atom stereocenters. The van der Waals surface area contributed by atoms with Crippen LogP contribution in [0.5, 0.6) is 0 Å². The highest BCUT2D eigenvalue weighted by Crippen LogP contribution is 2.39. The molecule has 5 heteroatoms. The van der Waals surface area contributed by atoms with Crippen LogP contribution in [0, 0.1) is 13.8 Å². The van der Waals surface area contributed by atoms with E-state index < -0.39 is 0 Å². The van der Waals surface area contributed by atoms with E-state index in [-0.39, 0.29) is 0 Å². The maximum atomic E-state index is 5.37. The van der Waals surface area contributed by atoms with Crippen molar-refractivity contribution < 1.29 is 0 Å². The van der Waals surface area contributed by atoms with Crippen molar-refractivity contribution in [1.29, 1.82) is 0 Å². The molecule has 10 rings (SSSR count). The number of aromatic nitrogens is 5. The van der Waals surface area contributed by atoms with Crippen LogP contribution in [0.3, 0.4) is 0 Å². The fourth-order valence-electron chi connectivity index (χ4n) is 7.72. The molecule has 0 bridgehead atoms. The van der Waals surface area contributed by atoms with E-state index in [0.717, 1.165) is 72.9 Å². The van der Waals surface area contributed by atoms with Crippen molar-refractivity contribution >= 4 is 21.8 Å². The van der Waals surface area contributed by atoms with Gasteiger partial charge in [-0.2, -0.15) is 0 Å². The number of rotatable bonds is 7. The standard InChI is InChI=1S/C52H37N5/c1-34-23-26-41-42-27-24-35(2)30-50(42)57(49(41)29-34)48-28-25-40(47-33-44(36-15-7-3-8-16-36)53-51(54-47)39-21-13-6-14-22-39)31-43(48)52-55-45(37-17-9-4-10-18-37)32-46(56-52)38-19-11-5-12-20-38/h3-33H,1-2H3. The smallest absolute Gasteiger partial charge is 0.162 e. The lowest BCUT2D eigenvalue weighted by atomic mass is 10.0. The lowest BCUT2D eigenvalue weighted by molar-refractivity contribution is 1.13. The van der Waals surface area contributed by atoms with Gasteiger partial charge in [-0.05, 0) is 61.4 Å². The highest BCUT2D eigenvalue weighted by molar-refractivity contribution is 6.10. The Morgan fingerprint density at radius 2 is 0.737 bits per heavy atom. The fourth-order valence-corrected chi connectivity index (χ4v) is 7.72. The molecule has 0 aliphatic heterocycles. The van der Waals surface area contributed by atoms with Crippen molar-refractivity contribution in [2.24, 2.45) is 0 Å². The Labute approximate surface area is 331 Å². The van der Waals surface area contributed by atoms with Gasteiger partial charge in [-0.15, -0.1) is 0 Å². The zero-order valence-electron chi connectivity index (χ0n) is 31.6. The van der Waals surface area contributed by atoms with Gasteiger partial charge >= 0.3 is 0 Å². The molecule has 3 heterocycles. The first-order valence-corrected chi connectivity index (χ1v) is 19.2. The zero-order valence-corrected chi connectivity index (χ0v) is 31.6. The molecule has 7 aromatic carbocycles. The molecule has 270 valence electrons. The number of hydrogen-bond acceptors (Lipinski definition) is 4. The van der Waals surface area contributed by atoms with Crippen molar-refractivity contribution in [2.75, 3.05) is 0 Å². The zero-order chi connectivity index (χ0) is 38.3. The Balaban J connectivity index is 1.28. The van der Waals surface area contributed by atoms with E-state index in [1.54, 1.807) is 0 Å². The van der Waals surface area contributed by atoms with Gasteiger partial charge in [-0.1, -0.05) is 152 Å². The van der Waals surface area contributed by atoms with Gasteiger partial charge in [0.15, 0.2) is 11.6 Å². The Morgan fingerprint density at radius 3 is 1.19 bits per heavy atom. The van der Waals surface area contributed by atoms with E-state index in [0.29, 0.717) is 11.6 Å². The summed E-state index contributed by atoms with van der Waals surface area (Å²) in [5.74, 6) is 1.29. The van der Waals surface area contributed by atoms with Crippen LogP contribution in [0.25, 0.3) is 95.3 Å². The minimum Gasteiger partial charge on any atom is -0.308 e.